The molecule has 7 heteroatoms. The van der Waals surface area contributed by atoms with Gasteiger partial charge in [0.2, 0.25) is 10.0 Å². The highest BCUT2D eigenvalue weighted by atomic mass is 32.2. The molecule has 2 rings (SSSR count). The lowest BCUT2D eigenvalue weighted by Gasteiger charge is -2.20. The average molecular weight is 300 g/mol. The van der Waals surface area contributed by atoms with Crippen LogP contribution in [0, 0.1) is 0 Å². The largest absolute Gasteiger partial charge is 0.495 e. The van der Waals surface area contributed by atoms with Crippen LogP contribution in [0.3, 0.4) is 0 Å². The number of methoxy groups -OCH3 is 2. The third-order valence-corrected chi connectivity index (χ3v) is 5.07. The van der Waals surface area contributed by atoms with E-state index >= 15 is 0 Å². The zero-order valence-electron chi connectivity index (χ0n) is 11.6. The molecular formula is C13H20N2O4S. The van der Waals surface area contributed by atoms with Crippen molar-refractivity contribution >= 4 is 15.7 Å². The SMILES string of the molecule is COc1cc(N)ccc1S(=O)(=O)NC1CCCC1OC. The highest BCUT2D eigenvalue weighted by molar-refractivity contribution is 7.89. The number of nitrogen functional groups attached to an aromatic ring is 1. The van der Waals surface area contributed by atoms with Gasteiger partial charge in [-0.05, 0) is 31.4 Å². The zero-order valence-corrected chi connectivity index (χ0v) is 12.4. The van der Waals surface area contributed by atoms with Gasteiger partial charge in [-0.2, -0.15) is 0 Å². The Morgan fingerprint density at radius 3 is 2.70 bits per heavy atom. The molecule has 1 aromatic rings. The van der Waals surface area contributed by atoms with E-state index in [1.807, 2.05) is 0 Å². The van der Waals surface area contributed by atoms with Crippen molar-refractivity contribution in [2.24, 2.45) is 0 Å². The van der Waals surface area contributed by atoms with Gasteiger partial charge >= 0.3 is 0 Å². The quantitative estimate of drug-likeness (QED) is 0.795. The number of nitrogens with two attached hydrogens (primary N) is 1. The molecule has 2 atom stereocenters. The lowest BCUT2D eigenvalue weighted by molar-refractivity contribution is 0.0916. The second-order valence-electron chi connectivity index (χ2n) is 4.84. The van der Waals surface area contributed by atoms with Gasteiger partial charge < -0.3 is 15.2 Å². The summed E-state index contributed by atoms with van der Waals surface area (Å²) in [6.45, 7) is 0. The van der Waals surface area contributed by atoms with Crippen LogP contribution in [0.25, 0.3) is 0 Å². The fourth-order valence-corrected chi connectivity index (χ4v) is 3.96. The molecule has 0 amide bonds. The molecular weight excluding hydrogens is 280 g/mol. The number of sulfonamides is 1. The summed E-state index contributed by atoms with van der Waals surface area (Å²) in [5, 5.41) is 0. The molecule has 0 bridgehead atoms. The molecule has 0 radical (unpaired) electrons. The van der Waals surface area contributed by atoms with E-state index in [9.17, 15) is 8.42 Å². The molecule has 0 spiro atoms. The number of hydrogen-bond donors (Lipinski definition) is 2. The van der Waals surface area contributed by atoms with E-state index in [0.29, 0.717) is 5.69 Å². The van der Waals surface area contributed by atoms with Gasteiger partial charge in [0.25, 0.3) is 0 Å². The summed E-state index contributed by atoms with van der Waals surface area (Å²) in [5.74, 6) is 0.240. The zero-order chi connectivity index (χ0) is 14.8. The van der Waals surface area contributed by atoms with Gasteiger partial charge in [0, 0.05) is 24.9 Å². The van der Waals surface area contributed by atoms with Crippen molar-refractivity contribution in [1.82, 2.24) is 4.72 Å². The summed E-state index contributed by atoms with van der Waals surface area (Å²) in [4.78, 5) is 0.0935. The normalized spacial score (nSPS) is 22.9. The van der Waals surface area contributed by atoms with Crippen molar-refractivity contribution < 1.29 is 17.9 Å². The first-order valence-electron chi connectivity index (χ1n) is 6.46. The van der Waals surface area contributed by atoms with Crippen LogP contribution < -0.4 is 15.2 Å². The maximum Gasteiger partial charge on any atom is 0.244 e. The molecule has 0 heterocycles. The van der Waals surface area contributed by atoms with Crippen LogP contribution in [-0.2, 0) is 14.8 Å². The lowest BCUT2D eigenvalue weighted by Crippen LogP contribution is -2.40. The first-order chi connectivity index (χ1) is 9.47. The second-order valence-corrected chi connectivity index (χ2v) is 6.53. The first-order valence-corrected chi connectivity index (χ1v) is 7.95. The summed E-state index contributed by atoms with van der Waals surface area (Å²) in [7, 11) is -0.641. The van der Waals surface area contributed by atoms with Crippen molar-refractivity contribution in [1.29, 1.82) is 0 Å². The van der Waals surface area contributed by atoms with E-state index < -0.39 is 10.0 Å². The number of rotatable bonds is 5. The van der Waals surface area contributed by atoms with E-state index in [0.717, 1.165) is 19.3 Å². The Balaban J connectivity index is 2.26. The summed E-state index contributed by atoms with van der Waals surface area (Å²) in [6, 6.07) is 4.29. The molecule has 1 aliphatic rings. The second kappa shape index (κ2) is 5.99. The monoisotopic (exact) mass is 300 g/mol. The number of anilines is 1. The van der Waals surface area contributed by atoms with Gasteiger partial charge in [0.05, 0.1) is 13.2 Å². The molecule has 0 aromatic heterocycles. The number of nitrogens with one attached hydrogen (secondary N) is 1. The predicted octanol–water partition coefficient (Wildman–Crippen LogP) is 1.12. The third-order valence-electron chi connectivity index (χ3n) is 3.54. The van der Waals surface area contributed by atoms with Crippen LogP contribution in [0.2, 0.25) is 0 Å². The van der Waals surface area contributed by atoms with Gasteiger partial charge in [-0.15, -0.1) is 0 Å². The standard InChI is InChI=1S/C13H20N2O4S/c1-18-11-5-3-4-10(11)15-20(16,17)13-7-6-9(14)8-12(13)19-2/h6-8,10-11,15H,3-5,14H2,1-2H3. The lowest BCUT2D eigenvalue weighted by atomic mass is 10.2. The minimum absolute atomic E-state index is 0.0791. The van der Waals surface area contributed by atoms with Crippen LogP contribution in [0.4, 0.5) is 5.69 Å². The highest BCUT2D eigenvalue weighted by Gasteiger charge is 2.32. The van der Waals surface area contributed by atoms with Gasteiger partial charge in [-0.25, -0.2) is 13.1 Å². The molecule has 3 N–H and O–H groups in total. The first kappa shape index (κ1) is 15.1. The maximum absolute atomic E-state index is 12.5. The molecule has 0 aliphatic heterocycles. The van der Waals surface area contributed by atoms with E-state index in [4.69, 9.17) is 15.2 Å². The Morgan fingerprint density at radius 1 is 1.30 bits per heavy atom. The van der Waals surface area contributed by atoms with E-state index in [1.165, 1.54) is 19.2 Å². The van der Waals surface area contributed by atoms with Gasteiger partial charge in [0.15, 0.2) is 0 Å². The van der Waals surface area contributed by atoms with Crippen molar-refractivity contribution in [3.63, 3.8) is 0 Å². The summed E-state index contributed by atoms with van der Waals surface area (Å²) < 4.78 is 38.0. The Labute approximate surface area is 119 Å². The molecule has 6 nitrogen and oxygen atoms in total. The van der Waals surface area contributed by atoms with Crippen molar-refractivity contribution in [3.8, 4) is 5.75 Å². The Morgan fingerprint density at radius 2 is 2.05 bits per heavy atom. The van der Waals surface area contributed by atoms with Crippen molar-refractivity contribution in [2.45, 2.75) is 36.3 Å². The highest BCUT2D eigenvalue weighted by Crippen LogP contribution is 2.28. The van der Waals surface area contributed by atoms with E-state index in [-0.39, 0.29) is 22.8 Å². The summed E-state index contributed by atoms with van der Waals surface area (Å²) in [6.07, 6.45) is 2.51. The average Bonchev–Trinajstić information content (AvgIpc) is 2.84. The van der Waals surface area contributed by atoms with Crippen LogP contribution in [0.5, 0.6) is 5.75 Å². The topological polar surface area (TPSA) is 90.7 Å². The Hall–Kier alpha value is -1.31. The van der Waals surface area contributed by atoms with Crippen LogP contribution in [0.15, 0.2) is 23.1 Å². The van der Waals surface area contributed by atoms with Crippen LogP contribution >= 0.6 is 0 Å². The van der Waals surface area contributed by atoms with Crippen molar-refractivity contribution in [3.05, 3.63) is 18.2 Å². The maximum atomic E-state index is 12.5. The Kier molecular flexibility index (Phi) is 4.52. The van der Waals surface area contributed by atoms with Gasteiger partial charge in [-0.3, -0.25) is 0 Å². The number of hydrogen-bond acceptors (Lipinski definition) is 5. The molecule has 1 aromatic carbocycles. The molecule has 112 valence electrons. The summed E-state index contributed by atoms with van der Waals surface area (Å²) in [5.41, 5.74) is 6.09. The van der Waals surface area contributed by atoms with Crippen molar-refractivity contribution in [2.75, 3.05) is 20.0 Å². The van der Waals surface area contributed by atoms with Crippen LogP contribution in [0.1, 0.15) is 19.3 Å². The molecule has 1 fully saturated rings. The molecule has 1 aliphatic carbocycles. The minimum atomic E-state index is -3.66. The van der Waals surface area contributed by atoms with Gasteiger partial charge in [0.1, 0.15) is 10.6 Å². The summed E-state index contributed by atoms with van der Waals surface area (Å²) >= 11 is 0. The smallest absolute Gasteiger partial charge is 0.244 e. The number of benzene rings is 1. The predicted molar refractivity (Wildman–Crippen MR) is 76.2 cm³/mol. The van der Waals surface area contributed by atoms with E-state index in [1.54, 1.807) is 13.2 Å². The third kappa shape index (κ3) is 3.05. The minimum Gasteiger partial charge on any atom is -0.495 e. The van der Waals surface area contributed by atoms with Crippen LogP contribution in [-0.4, -0.2) is 34.8 Å². The van der Waals surface area contributed by atoms with Gasteiger partial charge in [-0.1, -0.05) is 0 Å². The Bertz CT molecular complexity index is 574. The molecule has 2 unspecified atom stereocenters. The fraction of sp³-hybridized carbons (Fsp3) is 0.538. The van der Waals surface area contributed by atoms with E-state index in [2.05, 4.69) is 4.72 Å². The fourth-order valence-electron chi connectivity index (χ4n) is 2.51. The number of ether oxygens (including phenoxy) is 2. The molecule has 20 heavy (non-hydrogen) atoms. The molecule has 1 saturated carbocycles. The molecule has 0 saturated heterocycles.